The van der Waals surface area contributed by atoms with Crippen LogP contribution in [0.3, 0.4) is 0 Å². The van der Waals surface area contributed by atoms with Gasteiger partial charge < -0.3 is 15.0 Å². The van der Waals surface area contributed by atoms with E-state index in [0.717, 1.165) is 26.1 Å². The third kappa shape index (κ3) is 4.87. The molecule has 0 aromatic rings. The molecule has 2 rings (SSSR count). The van der Waals surface area contributed by atoms with Gasteiger partial charge in [-0.25, -0.2) is 4.79 Å². The number of nitrogens with one attached hydrogen (secondary N) is 1. The summed E-state index contributed by atoms with van der Waals surface area (Å²) in [6.07, 6.45) is 6.08. The molecule has 2 unspecified atom stereocenters. The molecule has 22 heavy (non-hydrogen) atoms. The fourth-order valence-corrected chi connectivity index (χ4v) is 3.74. The molecule has 0 aromatic carbocycles. The summed E-state index contributed by atoms with van der Waals surface area (Å²) >= 11 is 0. The molecule has 1 saturated heterocycles. The number of nitrogens with zero attached hydrogens (tertiary/aromatic N) is 1. The summed E-state index contributed by atoms with van der Waals surface area (Å²) in [4.78, 5) is 14.1. The summed E-state index contributed by atoms with van der Waals surface area (Å²) in [5.74, 6) is 0.553. The number of piperidine rings is 1. The van der Waals surface area contributed by atoms with Crippen molar-refractivity contribution in [3.8, 4) is 0 Å². The Morgan fingerprint density at radius 3 is 2.59 bits per heavy atom. The van der Waals surface area contributed by atoms with E-state index in [-0.39, 0.29) is 6.09 Å². The maximum atomic E-state index is 12.2. The number of hydrogen-bond donors (Lipinski definition) is 1. The van der Waals surface area contributed by atoms with Crippen molar-refractivity contribution in [1.82, 2.24) is 10.2 Å². The number of likely N-dealkylation sites (tertiary alicyclic amines) is 1. The van der Waals surface area contributed by atoms with Crippen LogP contribution in [0.5, 0.6) is 0 Å². The summed E-state index contributed by atoms with van der Waals surface area (Å²) in [6, 6.07) is 0.629. The van der Waals surface area contributed by atoms with Gasteiger partial charge in [0.2, 0.25) is 0 Å². The SMILES string of the molecule is CC(C)(C)OC(=O)N1CCCC(CNC2CCCC2(C)C)C1. The third-order valence-electron chi connectivity index (χ3n) is 5.08. The maximum Gasteiger partial charge on any atom is 0.410 e. The largest absolute Gasteiger partial charge is 0.444 e. The molecule has 128 valence electrons. The summed E-state index contributed by atoms with van der Waals surface area (Å²) in [5, 5.41) is 3.77. The number of hydrogen-bond acceptors (Lipinski definition) is 3. The lowest BCUT2D eigenvalue weighted by Crippen LogP contribution is -2.47. The molecule has 4 nitrogen and oxygen atoms in total. The van der Waals surface area contributed by atoms with Gasteiger partial charge in [-0.1, -0.05) is 20.3 Å². The van der Waals surface area contributed by atoms with Crippen molar-refractivity contribution >= 4 is 6.09 Å². The topological polar surface area (TPSA) is 41.6 Å². The van der Waals surface area contributed by atoms with Gasteiger partial charge in [0, 0.05) is 19.1 Å². The van der Waals surface area contributed by atoms with Gasteiger partial charge in [0.15, 0.2) is 0 Å². The first-order valence-corrected chi connectivity index (χ1v) is 8.89. The van der Waals surface area contributed by atoms with Crippen LogP contribution in [0.2, 0.25) is 0 Å². The molecule has 0 aromatic heterocycles. The maximum absolute atomic E-state index is 12.2. The average molecular weight is 310 g/mol. The highest BCUT2D eigenvalue weighted by molar-refractivity contribution is 5.68. The Labute approximate surface area is 136 Å². The molecule has 1 saturated carbocycles. The molecule has 0 spiro atoms. The third-order valence-corrected chi connectivity index (χ3v) is 5.08. The molecule has 0 radical (unpaired) electrons. The van der Waals surface area contributed by atoms with E-state index < -0.39 is 5.60 Å². The zero-order chi connectivity index (χ0) is 16.4. The van der Waals surface area contributed by atoms with E-state index in [1.807, 2.05) is 25.7 Å². The Morgan fingerprint density at radius 2 is 2.00 bits per heavy atom. The van der Waals surface area contributed by atoms with Crippen LogP contribution in [0.1, 0.15) is 66.7 Å². The molecule has 1 aliphatic carbocycles. The van der Waals surface area contributed by atoms with Crippen LogP contribution >= 0.6 is 0 Å². The average Bonchev–Trinajstić information content (AvgIpc) is 2.74. The normalized spacial score (nSPS) is 28.7. The Morgan fingerprint density at radius 1 is 1.27 bits per heavy atom. The van der Waals surface area contributed by atoms with E-state index >= 15 is 0 Å². The monoisotopic (exact) mass is 310 g/mol. The van der Waals surface area contributed by atoms with Gasteiger partial charge in [-0.2, -0.15) is 0 Å². The second-order valence-electron chi connectivity index (χ2n) is 8.78. The number of carbonyl (C=O) groups is 1. The van der Waals surface area contributed by atoms with E-state index in [1.54, 1.807) is 0 Å². The van der Waals surface area contributed by atoms with Crippen LogP contribution in [0.25, 0.3) is 0 Å². The molecule has 1 heterocycles. The molecular formula is C18H34N2O2. The minimum Gasteiger partial charge on any atom is -0.444 e. The highest BCUT2D eigenvalue weighted by atomic mass is 16.6. The van der Waals surface area contributed by atoms with Gasteiger partial charge in [-0.15, -0.1) is 0 Å². The van der Waals surface area contributed by atoms with E-state index in [1.165, 1.54) is 25.7 Å². The summed E-state index contributed by atoms with van der Waals surface area (Å²) in [5.41, 5.74) is 0.00959. The van der Waals surface area contributed by atoms with E-state index in [0.29, 0.717) is 17.4 Å². The van der Waals surface area contributed by atoms with Gasteiger partial charge in [0.25, 0.3) is 0 Å². The number of rotatable bonds is 3. The van der Waals surface area contributed by atoms with Gasteiger partial charge in [-0.3, -0.25) is 0 Å². The zero-order valence-electron chi connectivity index (χ0n) is 15.1. The molecule has 2 aliphatic rings. The lowest BCUT2D eigenvalue weighted by Gasteiger charge is -2.36. The first-order valence-electron chi connectivity index (χ1n) is 8.89. The van der Waals surface area contributed by atoms with Crippen LogP contribution < -0.4 is 5.32 Å². The van der Waals surface area contributed by atoms with Gasteiger partial charge in [-0.05, 0) is 64.3 Å². The Bertz CT molecular complexity index is 387. The number of carbonyl (C=O) groups excluding carboxylic acids is 1. The van der Waals surface area contributed by atoms with Crippen molar-refractivity contribution in [3.05, 3.63) is 0 Å². The fraction of sp³-hybridized carbons (Fsp3) is 0.944. The molecular weight excluding hydrogens is 276 g/mol. The second-order valence-corrected chi connectivity index (χ2v) is 8.78. The lowest BCUT2D eigenvalue weighted by atomic mass is 9.87. The van der Waals surface area contributed by atoms with Crippen LogP contribution in [-0.2, 0) is 4.74 Å². The molecule has 0 bridgehead atoms. The Kier molecular flexibility index (Phi) is 5.41. The van der Waals surface area contributed by atoms with E-state index in [2.05, 4.69) is 19.2 Å². The molecule has 2 atom stereocenters. The first-order chi connectivity index (χ1) is 10.2. The molecule has 4 heteroatoms. The van der Waals surface area contributed by atoms with Crippen LogP contribution in [0, 0.1) is 11.3 Å². The number of ether oxygens (including phenoxy) is 1. The smallest absolute Gasteiger partial charge is 0.410 e. The van der Waals surface area contributed by atoms with Crippen LogP contribution in [0.4, 0.5) is 4.79 Å². The molecule has 1 aliphatic heterocycles. The zero-order valence-corrected chi connectivity index (χ0v) is 15.1. The summed E-state index contributed by atoms with van der Waals surface area (Å²) in [7, 11) is 0. The standard InChI is InChI=1S/C18H34N2O2/c1-17(2,3)22-16(21)20-11-7-8-14(13-20)12-19-15-9-6-10-18(15,4)5/h14-15,19H,6-13H2,1-5H3. The van der Waals surface area contributed by atoms with Gasteiger partial charge >= 0.3 is 6.09 Å². The second kappa shape index (κ2) is 6.77. The summed E-state index contributed by atoms with van der Waals surface area (Å²) < 4.78 is 5.50. The Hall–Kier alpha value is -0.770. The predicted octanol–water partition coefficient (Wildman–Crippen LogP) is 3.80. The lowest BCUT2D eigenvalue weighted by molar-refractivity contribution is 0.0163. The van der Waals surface area contributed by atoms with Gasteiger partial charge in [0.05, 0.1) is 0 Å². The Balaban J connectivity index is 1.79. The van der Waals surface area contributed by atoms with Crippen molar-refractivity contribution in [2.75, 3.05) is 19.6 Å². The molecule has 1 N–H and O–H groups in total. The van der Waals surface area contributed by atoms with Crippen molar-refractivity contribution < 1.29 is 9.53 Å². The highest BCUT2D eigenvalue weighted by Crippen LogP contribution is 2.37. The predicted molar refractivity (Wildman–Crippen MR) is 90.0 cm³/mol. The van der Waals surface area contributed by atoms with Crippen molar-refractivity contribution in [3.63, 3.8) is 0 Å². The molecule has 1 amide bonds. The minimum absolute atomic E-state index is 0.154. The van der Waals surface area contributed by atoms with Crippen molar-refractivity contribution in [1.29, 1.82) is 0 Å². The van der Waals surface area contributed by atoms with E-state index in [9.17, 15) is 4.79 Å². The highest BCUT2D eigenvalue weighted by Gasteiger charge is 2.35. The molecule has 2 fully saturated rings. The summed E-state index contributed by atoms with van der Waals surface area (Å²) in [6.45, 7) is 13.2. The first kappa shape index (κ1) is 17.6. The van der Waals surface area contributed by atoms with Crippen LogP contribution in [0.15, 0.2) is 0 Å². The van der Waals surface area contributed by atoms with Gasteiger partial charge in [0.1, 0.15) is 5.60 Å². The van der Waals surface area contributed by atoms with E-state index in [4.69, 9.17) is 4.74 Å². The fourth-order valence-electron chi connectivity index (χ4n) is 3.74. The van der Waals surface area contributed by atoms with Crippen LogP contribution in [-0.4, -0.2) is 42.3 Å². The quantitative estimate of drug-likeness (QED) is 0.862. The minimum atomic E-state index is -0.407. The number of amides is 1. The van der Waals surface area contributed by atoms with Crippen molar-refractivity contribution in [2.45, 2.75) is 78.4 Å². The van der Waals surface area contributed by atoms with Crippen molar-refractivity contribution in [2.24, 2.45) is 11.3 Å².